The first-order valence-corrected chi connectivity index (χ1v) is 11.5. The number of anilines is 3. The quantitative estimate of drug-likeness (QED) is 0.558. The van der Waals surface area contributed by atoms with Crippen molar-refractivity contribution in [2.75, 3.05) is 61.1 Å². The molecular weight excluding hydrogens is 476 g/mol. The van der Waals surface area contributed by atoms with Crippen LogP contribution in [0.2, 0.25) is 0 Å². The highest BCUT2D eigenvalue weighted by Gasteiger charge is 2.35. The normalized spacial score (nSPS) is 18.7. The highest BCUT2D eigenvalue weighted by molar-refractivity contribution is 9.10. The zero-order chi connectivity index (χ0) is 22.5. The molecule has 0 bridgehead atoms. The molecule has 1 unspecified atom stereocenters. The second-order valence-electron chi connectivity index (χ2n) is 7.86. The number of nitrogens with zero attached hydrogens (tertiary/aromatic N) is 4. The lowest BCUT2D eigenvalue weighted by Crippen LogP contribution is -2.37. The fourth-order valence-electron chi connectivity index (χ4n) is 3.89. The summed E-state index contributed by atoms with van der Waals surface area (Å²) in [6, 6.07) is 9.47. The summed E-state index contributed by atoms with van der Waals surface area (Å²) in [4.78, 5) is 37.8. The number of carbonyl (C=O) groups excluding carboxylic acids is 2. The number of ether oxygens (including phenoxy) is 1. The molecule has 2 saturated heterocycles. The Morgan fingerprint density at radius 3 is 2.81 bits per heavy atom. The first-order valence-electron chi connectivity index (χ1n) is 10.8. The second kappa shape index (κ2) is 10.3. The van der Waals surface area contributed by atoms with Gasteiger partial charge >= 0.3 is 0 Å². The lowest BCUT2D eigenvalue weighted by atomic mass is 10.1. The SMILES string of the molecule is Cc1nc(NCCNC(=O)C2CC(=O)N(c3cccc(Br)c3)C2)cc(N2CCOCC2)n1. The van der Waals surface area contributed by atoms with Crippen molar-refractivity contribution in [2.24, 2.45) is 5.92 Å². The summed E-state index contributed by atoms with van der Waals surface area (Å²) in [5.41, 5.74) is 0.802. The average Bonchev–Trinajstić information content (AvgIpc) is 3.18. The molecule has 9 nitrogen and oxygen atoms in total. The Labute approximate surface area is 195 Å². The van der Waals surface area contributed by atoms with Crippen LogP contribution in [-0.2, 0) is 14.3 Å². The van der Waals surface area contributed by atoms with Crippen LogP contribution in [0.1, 0.15) is 12.2 Å². The first kappa shape index (κ1) is 22.5. The number of halogens is 1. The van der Waals surface area contributed by atoms with E-state index in [0.717, 1.165) is 34.9 Å². The van der Waals surface area contributed by atoms with Crippen LogP contribution in [0.25, 0.3) is 0 Å². The Balaban J connectivity index is 1.26. The molecule has 1 atom stereocenters. The molecule has 1 aromatic heterocycles. The fraction of sp³-hybridized carbons (Fsp3) is 0.455. The van der Waals surface area contributed by atoms with E-state index in [4.69, 9.17) is 4.74 Å². The molecule has 2 fully saturated rings. The van der Waals surface area contributed by atoms with Gasteiger partial charge in [-0.15, -0.1) is 0 Å². The number of hydrogen-bond donors (Lipinski definition) is 2. The molecule has 3 heterocycles. The summed E-state index contributed by atoms with van der Waals surface area (Å²) >= 11 is 3.42. The minimum absolute atomic E-state index is 0.0338. The number of rotatable bonds is 7. The maximum Gasteiger partial charge on any atom is 0.227 e. The topological polar surface area (TPSA) is 99.7 Å². The van der Waals surface area contributed by atoms with E-state index in [0.29, 0.717) is 38.7 Å². The minimum atomic E-state index is -0.351. The second-order valence-corrected chi connectivity index (χ2v) is 8.78. The molecule has 0 radical (unpaired) electrons. The average molecular weight is 503 g/mol. The van der Waals surface area contributed by atoms with Gasteiger partial charge in [0.1, 0.15) is 17.5 Å². The van der Waals surface area contributed by atoms with Crippen LogP contribution < -0.4 is 20.4 Å². The fourth-order valence-corrected chi connectivity index (χ4v) is 4.28. The van der Waals surface area contributed by atoms with Crippen molar-refractivity contribution in [3.05, 3.63) is 40.6 Å². The van der Waals surface area contributed by atoms with Crippen LogP contribution in [0.3, 0.4) is 0 Å². The van der Waals surface area contributed by atoms with Gasteiger partial charge in [-0.25, -0.2) is 9.97 Å². The number of hydrogen-bond acceptors (Lipinski definition) is 7. The molecular formula is C22H27BrN6O3. The van der Waals surface area contributed by atoms with Gasteiger partial charge < -0.3 is 25.2 Å². The van der Waals surface area contributed by atoms with Crippen LogP contribution >= 0.6 is 15.9 Å². The molecule has 1 aromatic carbocycles. The molecule has 32 heavy (non-hydrogen) atoms. The largest absolute Gasteiger partial charge is 0.378 e. The zero-order valence-electron chi connectivity index (χ0n) is 18.0. The lowest BCUT2D eigenvalue weighted by molar-refractivity contribution is -0.126. The molecule has 170 valence electrons. The maximum absolute atomic E-state index is 12.6. The monoisotopic (exact) mass is 502 g/mol. The third-order valence-electron chi connectivity index (χ3n) is 5.51. The van der Waals surface area contributed by atoms with Crippen molar-refractivity contribution in [1.29, 1.82) is 0 Å². The van der Waals surface area contributed by atoms with Crippen molar-refractivity contribution in [3.63, 3.8) is 0 Å². The van der Waals surface area contributed by atoms with Gasteiger partial charge in [-0.1, -0.05) is 22.0 Å². The van der Waals surface area contributed by atoms with Gasteiger partial charge in [0.25, 0.3) is 0 Å². The van der Waals surface area contributed by atoms with E-state index in [1.54, 1.807) is 4.90 Å². The van der Waals surface area contributed by atoms with Gasteiger partial charge in [-0.2, -0.15) is 0 Å². The summed E-state index contributed by atoms with van der Waals surface area (Å²) in [7, 11) is 0. The molecule has 2 aliphatic heterocycles. The Morgan fingerprint density at radius 2 is 2.03 bits per heavy atom. The van der Waals surface area contributed by atoms with Gasteiger partial charge in [-0.3, -0.25) is 9.59 Å². The molecule has 0 aliphatic carbocycles. The number of aromatic nitrogens is 2. The van der Waals surface area contributed by atoms with Crippen molar-refractivity contribution in [2.45, 2.75) is 13.3 Å². The molecule has 2 amide bonds. The van der Waals surface area contributed by atoms with Crippen LogP contribution in [0.4, 0.5) is 17.3 Å². The molecule has 2 N–H and O–H groups in total. The number of aryl methyl sites for hydroxylation is 1. The van der Waals surface area contributed by atoms with E-state index < -0.39 is 0 Å². The number of benzene rings is 1. The Morgan fingerprint density at radius 1 is 1.22 bits per heavy atom. The van der Waals surface area contributed by atoms with E-state index in [-0.39, 0.29) is 24.2 Å². The first-order chi connectivity index (χ1) is 15.5. The summed E-state index contributed by atoms with van der Waals surface area (Å²) in [5.74, 6) is 1.81. The van der Waals surface area contributed by atoms with Crippen LogP contribution in [0, 0.1) is 12.8 Å². The van der Waals surface area contributed by atoms with Gasteiger partial charge in [0.2, 0.25) is 11.8 Å². The number of morpholine rings is 1. The van der Waals surface area contributed by atoms with Gasteiger partial charge in [0, 0.05) is 55.4 Å². The third-order valence-corrected chi connectivity index (χ3v) is 6.00. The van der Waals surface area contributed by atoms with Gasteiger partial charge in [0.05, 0.1) is 19.1 Å². The van der Waals surface area contributed by atoms with E-state index >= 15 is 0 Å². The number of nitrogens with one attached hydrogen (secondary N) is 2. The van der Waals surface area contributed by atoms with Crippen molar-refractivity contribution in [3.8, 4) is 0 Å². The summed E-state index contributed by atoms with van der Waals surface area (Å²) < 4.78 is 6.30. The lowest BCUT2D eigenvalue weighted by Gasteiger charge is -2.28. The van der Waals surface area contributed by atoms with E-state index in [9.17, 15) is 9.59 Å². The summed E-state index contributed by atoms with van der Waals surface area (Å²) in [6.45, 7) is 6.23. The Kier molecular flexibility index (Phi) is 7.21. The number of amides is 2. The van der Waals surface area contributed by atoms with Crippen molar-refractivity contribution in [1.82, 2.24) is 15.3 Å². The molecule has 2 aromatic rings. The number of carbonyl (C=O) groups is 2. The summed E-state index contributed by atoms with van der Waals surface area (Å²) in [6.07, 6.45) is 0.222. The standard InChI is InChI=1S/C22H27BrN6O3/c1-15-26-19(13-20(27-15)28-7-9-32-10-8-28)24-5-6-25-22(31)16-11-21(30)29(14-16)18-4-2-3-17(23)12-18/h2-4,12-13,16H,5-11,14H2,1H3,(H,25,31)(H,24,26,27). The van der Waals surface area contributed by atoms with Crippen LogP contribution in [0.15, 0.2) is 34.8 Å². The molecule has 10 heteroatoms. The predicted molar refractivity (Wildman–Crippen MR) is 126 cm³/mol. The predicted octanol–water partition coefficient (Wildman–Crippen LogP) is 1.97. The Hall–Kier alpha value is -2.72. The van der Waals surface area contributed by atoms with E-state index in [2.05, 4.69) is 41.4 Å². The molecule has 0 spiro atoms. The maximum atomic E-state index is 12.6. The molecule has 2 aliphatic rings. The smallest absolute Gasteiger partial charge is 0.227 e. The van der Waals surface area contributed by atoms with E-state index in [1.165, 1.54) is 0 Å². The Bertz CT molecular complexity index is 982. The highest BCUT2D eigenvalue weighted by Crippen LogP contribution is 2.27. The van der Waals surface area contributed by atoms with Gasteiger partial charge in [0.15, 0.2) is 0 Å². The van der Waals surface area contributed by atoms with Crippen LogP contribution in [0.5, 0.6) is 0 Å². The highest BCUT2D eigenvalue weighted by atomic mass is 79.9. The van der Waals surface area contributed by atoms with Crippen molar-refractivity contribution < 1.29 is 14.3 Å². The minimum Gasteiger partial charge on any atom is -0.378 e. The van der Waals surface area contributed by atoms with Crippen LogP contribution in [-0.4, -0.2) is 67.7 Å². The molecule has 0 saturated carbocycles. The molecule has 4 rings (SSSR count). The third kappa shape index (κ3) is 5.55. The zero-order valence-corrected chi connectivity index (χ0v) is 19.6. The van der Waals surface area contributed by atoms with E-state index in [1.807, 2.05) is 37.3 Å². The van der Waals surface area contributed by atoms with Crippen molar-refractivity contribution >= 4 is 45.1 Å². The van der Waals surface area contributed by atoms with Gasteiger partial charge in [-0.05, 0) is 25.1 Å². The summed E-state index contributed by atoms with van der Waals surface area (Å²) in [5, 5.41) is 6.19.